The van der Waals surface area contributed by atoms with Gasteiger partial charge in [-0.3, -0.25) is 10.1 Å². The van der Waals surface area contributed by atoms with Crippen molar-refractivity contribution in [2.45, 2.75) is 6.42 Å². The summed E-state index contributed by atoms with van der Waals surface area (Å²) >= 11 is 9.90. The van der Waals surface area contributed by atoms with Gasteiger partial charge in [0.05, 0.1) is 0 Å². The first-order valence-electron chi connectivity index (χ1n) is 7.34. The van der Waals surface area contributed by atoms with Crippen LogP contribution in [-0.4, -0.2) is 21.2 Å². The number of amides is 1. The summed E-state index contributed by atoms with van der Waals surface area (Å²) in [5.74, 6) is -0.279. The highest BCUT2D eigenvalue weighted by atomic mass is 79.9. The van der Waals surface area contributed by atoms with Crippen LogP contribution in [0, 0.1) is 0 Å². The maximum Gasteiger partial charge on any atom is 0.257 e. The zero-order chi connectivity index (χ0) is 17.6. The molecule has 2 N–H and O–H groups in total. The van der Waals surface area contributed by atoms with Gasteiger partial charge in [-0.15, -0.1) is 10.2 Å². The molecule has 3 aromatic rings. The molecule has 1 amide bonds. The zero-order valence-electron chi connectivity index (χ0n) is 12.9. The lowest BCUT2D eigenvalue weighted by molar-refractivity contribution is 0.0977. The fourth-order valence-corrected chi connectivity index (χ4v) is 3.35. The van der Waals surface area contributed by atoms with E-state index in [0.717, 1.165) is 15.0 Å². The number of carbonyl (C=O) groups excluding carboxylic acids is 1. The van der Waals surface area contributed by atoms with Crippen molar-refractivity contribution in [3.63, 3.8) is 0 Å². The van der Waals surface area contributed by atoms with Gasteiger partial charge in [-0.2, -0.15) is 0 Å². The highest BCUT2D eigenvalue weighted by Gasteiger charge is 2.10. The van der Waals surface area contributed by atoms with Crippen molar-refractivity contribution in [1.29, 1.82) is 0 Å². The Morgan fingerprint density at radius 1 is 1.08 bits per heavy atom. The average molecular weight is 433 g/mol. The molecule has 5 nitrogen and oxygen atoms in total. The third kappa shape index (κ3) is 5.15. The van der Waals surface area contributed by atoms with E-state index in [1.807, 2.05) is 30.3 Å². The summed E-state index contributed by atoms with van der Waals surface area (Å²) < 4.78 is 0.907. The van der Waals surface area contributed by atoms with Crippen LogP contribution < -0.4 is 10.6 Å². The number of aromatic nitrogens is 2. The first kappa shape index (κ1) is 17.7. The summed E-state index contributed by atoms with van der Waals surface area (Å²) in [6, 6.07) is 17.1. The van der Waals surface area contributed by atoms with E-state index in [1.54, 1.807) is 24.3 Å². The molecule has 3 rings (SSSR count). The molecule has 0 atom stereocenters. The quantitative estimate of drug-likeness (QED) is 0.609. The second kappa shape index (κ2) is 8.28. The first-order chi connectivity index (χ1) is 12.1. The number of thiocarbonyl (C=S) groups is 1. The van der Waals surface area contributed by atoms with Gasteiger partial charge in [-0.05, 0) is 42.0 Å². The van der Waals surface area contributed by atoms with Crippen LogP contribution in [0.15, 0.2) is 59.1 Å². The lowest BCUT2D eigenvalue weighted by Gasteiger charge is -2.06. The molecule has 126 valence electrons. The monoisotopic (exact) mass is 432 g/mol. The van der Waals surface area contributed by atoms with E-state index >= 15 is 0 Å². The molecule has 0 radical (unpaired) electrons. The zero-order valence-corrected chi connectivity index (χ0v) is 16.1. The van der Waals surface area contributed by atoms with E-state index in [-0.39, 0.29) is 11.0 Å². The molecule has 0 aliphatic rings. The van der Waals surface area contributed by atoms with Gasteiger partial charge in [0, 0.05) is 16.5 Å². The predicted molar refractivity (Wildman–Crippen MR) is 107 cm³/mol. The molecule has 1 heterocycles. The SMILES string of the molecule is O=C(NC(=S)Nc1nnc(Cc2ccccc2)s1)c1ccc(Br)cc1. The molecule has 0 aliphatic carbocycles. The van der Waals surface area contributed by atoms with E-state index in [4.69, 9.17) is 12.2 Å². The molecule has 0 spiro atoms. The molecule has 25 heavy (non-hydrogen) atoms. The number of nitrogens with one attached hydrogen (secondary N) is 2. The number of nitrogens with zero attached hydrogens (tertiary/aromatic N) is 2. The predicted octanol–water partition coefficient (Wildman–Crippen LogP) is 4.02. The molecule has 0 unspecified atom stereocenters. The Hall–Kier alpha value is -2.16. The lowest BCUT2D eigenvalue weighted by Crippen LogP contribution is -2.34. The summed E-state index contributed by atoms with van der Waals surface area (Å²) in [6.45, 7) is 0. The third-order valence-electron chi connectivity index (χ3n) is 3.22. The number of rotatable bonds is 4. The molecule has 0 saturated carbocycles. The van der Waals surface area contributed by atoms with Crippen molar-refractivity contribution in [2.75, 3.05) is 5.32 Å². The Morgan fingerprint density at radius 3 is 2.52 bits per heavy atom. The summed E-state index contributed by atoms with van der Waals surface area (Å²) in [5.41, 5.74) is 1.69. The fourth-order valence-electron chi connectivity index (χ4n) is 2.05. The van der Waals surface area contributed by atoms with E-state index in [2.05, 4.69) is 36.8 Å². The molecule has 8 heteroatoms. The Balaban J connectivity index is 1.56. The molecule has 0 bridgehead atoms. The van der Waals surface area contributed by atoms with Gasteiger partial charge in [-0.1, -0.05) is 57.6 Å². The Kier molecular flexibility index (Phi) is 5.85. The van der Waals surface area contributed by atoms with Crippen molar-refractivity contribution in [1.82, 2.24) is 15.5 Å². The number of halogens is 1. The molecular weight excluding hydrogens is 420 g/mol. The Bertz CT molecular complexity index is 881. The minimum Gasteiger partial charge on any atom is -0.307 e. The van der Waals surface area contributed by atoms with Crippen LogP contribution in [0.4, 0.5) is 5.13 Å². The normalized spacial score (nSPS) is 10.3. The van der Waals surface area contributed by atoms with Crippen LogP contribution in [0.3, 0.4) is 0 Å². The maximum atomic E-state index is 12.1. The van der Waals surface area contributed by atoms with Crippen LogP contribution in [0.25, 0.3) is 0 Å². The van der Waals surface area contributed by atoms with Crippen LogP contribution in [0.2, 0.25) is 0 Å². The van der Waals surface area contributed by atoms with E-state index in [9.17, 15) is 4.79 Å². The Labute approximate surface area is 162 Å². The van der Waals surface area contributed by atoms with E-state index in [0.29, 0.717) is 17.1 Å². The highest BCUT2D eigenvalue weighted by molar-refractivity contribution is 9.10. The molecule has 0 fully saturated rings. The first-order valence-corrected chi connectivity index (χ1v) is 9.36. The average Bonchev–Trinajstić information content (AvgIpc) is 3.03. The van der Waals surface area contributed by atoms with Crippen molar-refractivity contribution >= 4 is 55.6 Å². The van der Waals surface area contributed by atoms with Gasteiger partial charge < -0.3 is 5.32 Å². The Morgan fingerprint density at radius 2 is 1.80 bits per heavy atom. The molecular formula is C17H13BrN4OS2. The second-order valence-electron chi connectivity index (χ2n) is 5.08. The summed E-state index contributed by atoms with van der Waals surface area (Å²) in [7, 11) is 0. The van der Waals surface area contributed by atoms with Crippen LogP contribution >= 0.6 is 39.5 Å². The molecule has 2 aromatic carbocycles. The molecule has 1 aromatic heterocycles. The van der Waals surface area contributed by atoms with E-state index < -0.39 is 0 Å². The number of anilines is 1. The van der Waals surface area contributed by atoms with Gasteiger partial charge in [-0.25, -0.2) is 0 Å². The van der Waals surface area contributed by atoms with Gasteiger partial charge >= 0.3 is 0 Å². The van der Waals surface area contributed by atoms with Crippen LogP contribution in [0.1, 0.15) is 20.9 Å². The smallest absolute Gasteiger partial charge is 0.257 e. The van der Waals surface area contributed by atoms with Crippen molar-refractivity contribution < 1.29 is 4.79 Å². The number of hydrogen-bond acceptors (Lipinski definition) is 5. The topological polar surface area (TPSA) is 66.9 Å². The van der Waals surface area contributed by atoms with Gasteiger partial charge in [0.25, 0.3) is 5.91 Å². The van der Waals surface area contributed by atoms with Gasteiger partial charge in [0.2, 0.25) is 5.13 Å². The van der Waals surface area contributed by atoms with Crippen LogP contribution in [-0.2, 0) is 6.42 Å². The minimum absolute atomic E-state index is 0.190. The summed E-state index contributed by atoms with van der Waals surface area (Å²) in [4.78, 5) is 12.1. The second-order valence-corrected chi connectivity index (χ2v) is 7.46. The molecule has 0 saturated heterocycles. The van der Waals surface area contributed by atoms with Gasteiger partial charge in [0.15, 0.2) is 5.11 Å². The van der Waals surface area contributed by atoms with Crippen LogP contribution in [0.5, 0.6) is 0 Å². The van der Waals surface area contributed by atoms with E-state index in [1.165, 1.54) is 11.3 Å². The third-order valence-corrected chi connectivity index (χ3v) is 4.79. The summed E-state index contributed by atoms with van der Waals surface area (Å²) in [6.07, 6.45) is 0.707. The number of carbonyl (C=O) groups is 1. The largest absolute Gasteiger partial charge is 0.307 e. The standard InChI is InChI=1S/C17H13BrN4OS2/c18-13-8-6-12(7-9-13)15(23)19-16(24)20-17-22-21-14(25-17)10-11-4-2-1-3-5-11/h1-9H,10H2,(H2,19,20,22,23,24). The highest BCUT2D eigenvalue weighted by Crippen LogP contribution is 2.18. The fraction of sp³-hybridized carbons (Fsp3) is 0.0588. The van der Waals surface area contributed by atoms with Gasteiger partial charge in [0.1, 0.15) is 5.01 Å². The summed E-state index contributed by atoms with van der Waals surface area (Å²) in [5, 5.41) is 15.3. The number of benzene rings is 2. The minimum atomic E-state index is -0.279. The lowest BCUT2D eigenvalue weighted by atomic mass is 10.2. The van der Waals surface area contributed by atoms with Crippen molar-refractivity contribution in [2.24, 2.45) is 0 Å². The van der Waals surface area contributed by atoms with Crippen molar-refractivity contribution in [3.8, 4) is 0 Å². The number of hydrogen-bond donors (Lipinski definition) is 2. The molecule has 0 aliphatic heterocycles. The van der Waals surface area contributed by atoms with Crippen molar-refractivity contribution in [3.05, 3.63) is 75.2 Å². The maximum absolute atomic E-state index is 12.1.